The Labute approximate surface area is 110 Å². The molecule has 0 fully saturated rings. The second-order valence-electron chi connectivity index (χ2n) is 4.98. The van der Waals surface area contributed by atoms with Crippen LogP contribution in [0.25, 0.3) is 11.1 Å². The summed E-state index contributed by atoms with van der Waals surface area (Å²) in [6.45, 7) is 7.43. The van der Waals surface area contributed by atoms with Gasteiger partial charge in [0.15, 0.2) is 0 Å². The third kappa shape index (κ3) is 2.62. The molecule has 0 aliphatic carbocycles. The SMILES string of the molecule is CNCc1ccc(-c2ccc(C)c(C)c2)c(C)c1. The Balaban J connectivity index is 2.41. The van der Waals surface area contributed by atoms with Crippen molar-refractivity contribution in [2.24, 2.45) is 0 Å². The third-order valence-electron chi connectivity index (χ3n) is 3.49. The molecule has 0 unspecified atom stereocenters. The first-order chi connectivity index (χ1) is 8.61. The van der Waals surface area contributed by atoms with Gasteiger partial charge in [0.2, 0.25) is 0 Å². The second-order valence-corrected chi connectivity index (χ2v) is 4.98. The lowest BCUT2D eigenvalue weighted by molar-refractivity contribution is 0.817. The fourth-order valence-electron chi connectivity index (χ4n) is 2.27. The van der Waals surface area contributed by atoms with E-state index in [1.807, 2.05) is 7.05 Å². The number of hydrogen-bond donors (Lipinski definition) is 1. The van der Waals surface area contributed by atoms with E-state index >= 15 is 0 Å². The maximum absolute atomic E-state index is 3.19. The lowest BCUT2D eigenvalue weighted by Crippen LogP contribution is -2.05. The van der Waals surface area contributed by atoms with E-state index in [1.54, 1.807) is 0 Å². The summed E-state index contributed by atoms with van der Waals surface area (Å²) in [6, 6.07) is 13.4. The highest BCUT2D eigenvalue weighted by Crippen LogP contribution is 2.26. The number of rotatable bonds is 3. The first-order valence-electron chi connectivity index (χ1n) is 6.43. The molecule has 2 aromatic carbocycles. The molecule has 1 N–H and O–H groups in total. The molecule has 0 aliphatic heterocycles. The zero-order valence-electron chi connectivity index (χ0n) is 11.7. The van der Waals surface area contributed by atoms with Crippen LogP contribution in [0.4, 0.5) is 0 Å². The Morgan fingerprint density at radius 2 is 1.61 bits per heavy atom. The predicted octanol–water partition coefficient (Wildman–Crippen LogP) is 4.00. The average Bonchev–Trinajstić information content (AvgIpc) is 2.34. The van der Waals surface area contributed by atoms with Gasteiger partial charge in [-0.1, -0.05) is 36.4 Å². The van der Waals surface area contributed by atoms with E-state index < -0.39 is 0 Å². The Hall–Kier alpha value is -1.60. The number of hydrogen-bond acceptors (Lipinski definition) is 1. The van der Waals surface area contributed by atoms with Gasteiger partial charge in [-0.05, 0) is 61.2 Å². The largest absolute Gasteiger partial charge is 0.316 e. The first-order valence-corrected chi connectivity index (χ1v) is 6.43. The molecular formula is C17H21N. The summed E-state index contributed by atoms with van der Waals surface area (Å²) < 4.78 is 0. The van der Waals surface area contributed by atoms with E-state index in [9.17, 15) is 0 Å². The Morgan fingerprint density at radius 1 is 0.833 bits per heavy atom. The molecule has 94 valence electrons. The van der Waals surface area contributed by atoms with Crippen molar-refractivity contribution in [2.45, 2.75) is 27.3 Å². The smallest absolute Gasteiger partial charge is 0.0202 e. The third-order valence-corrected chi connectivity index (χ3v) is 3.49. The molecule has 0 amide bonds. The molecule has 2 aromatic rings. The monoisotopic (exact) mass is 239 g/mol. The van der Waals surface area contributed by atoms with Gasteiger partial charge in [-0.3, -0.25) is 0 Å². The molecule has 0 heterocycles. The van der Waals surface area contributed by atoms with Crippen LogP contribution in [0, 0.1) is 20.8 Å². The molecule has 0 saturated carbocycles. The lowest BCUT2D eigenvalue weighted by Gasteiger charge is -2.10. The van der Waals surface area contributed by atoms with Gasteiger partial charge in [-0.2, -0.15) is 0 Å². The molecule has 0 atom stereocenters. The van der Waals surface area contributed by atoms with Crippen LogP contribution in [-0.4, -0.2) is 7.05 Å². The van der Waals surface area contributed by atoms with Crippen molar-refractivity contribution in [1.82, 2.24) is 5.32 Å². The van der Waals surface area contributed by atoms with Gasteiger partial charge < -0.3 is 5.32 Å². The highest BCUT2D eigenvalue weighted by atomic mass is 14.8. The lowest BCUT2D eigenvalue weighted by atomic mass is 9.96. The van der Waals surface area contributed by atoms with Crippen molar-refractivity contribution in [1.29, 1.82) is 0 Å². The quantitative estimate of drug-likeness (QED) is 0.853. The maximum Gasteiger partial charge on any atom is 0.0202 e. The Kier molecular flexibility index (Phi) is 3.83. The minimum absolute atomic E-state index is 0.925. The molecule has 1 heteroatoms. The van der Waals surface area contributed by atoms with Gasteiger partial charge in [0.1, 0.15) is 0 Å². The molecule has 0 spiro atoms. The van der Waals surface area contributed by atoms with E-state index in [0.29, 0.717) is 0 Å². The predicted molar refractivity (Wildman–Crippen MR) is 78.9 cm³/mol. The van der Waals surface area contributed by atoms with Gasteiger partial charge in [-0.25, -0.2) is 0 Å². The van der Waals surface area contributed by atoms with E-state index in [4.69, 9.17) is 0 Å². The van der Waals surface area contributed by atoms with Gasteiger partial charge in [0.05, 0.1) is 0 Å². The number of nitrogens with one attached hydrogen (secondary N) is 1. The summed E-state index contributed by atoms with van der Waals surface area (Å²) in [5.41, 5.74) is 8.02. The molecule has 18 heavy (non-hydrogen) atoms. The highest BCUT2D eigenvalue weighted by molar-refractivity contribution is 5.68. The van der Waals surface area contributed by atoms with E-state index in [1.165, 1.54) is 33.4 Å². The van der Waals surface area contributed by atoms with Crippen molar-refractivity contribution in [2.75, 3.05) is 7.05 Å². The van der Waals surface area contributed by atoms with Gasteiger partial charge >= 0.3 is 0 Å². The summed E-state index contributed by atoms with van der Waals surface area (Å²) >= 11 is 0. The van der Waals surface area contributed by atoms with Crippen molar-refractivity contribution in [3.63, 3.8) is 0 Å². The van der Waals surface area contributed by atoms with Crippen molar-refractivity contribution >= 4 is 0 Å². The zero-order valence-corrected chi connectivity index (χ0v) is 11.7. The fourth-order valence-corrected chi connectivity index (χ4v) is 2.27. The summed E-state index contributed by atoms with van der Waals surface area (Å²) in [5.74, 6) is 0. The second kappa shape index (κ2) is 5.36. The van der Waals surface area contributed by atoms with E-state index in [-0.39, 0.29) is 0 Å². The minimum atomic E-state index is 0.925. The molecule has 0 bridgehead atoms. The van der Waals surface area contributed by atoms with E-state index in [0.717, 1.165) is 6.54 Å². The standard InChI is InChI=1S/C17H21N/c1-12-5-7-16(10-13(12)2)17-8-6-15(11-18-4)9-14(17)3/h5-10,18H,11H2,1-4H3. The molecule has 0 saturated heterocycles. The topological polar surface area (TPSA) is 12.0 Å². The maximum atomic E-state index is 3.19. The van der Waals surface area contributed by atoms with Crippen LogP contribution in [-0.2, 0) is 6.54 Å². The summed E-state index contributed by atoms with van der Waals surface area (Å²) in [6.07, 6.45) is 0. The normalized spacial score (nSPS) is 10.7. The molecule has 0 aliphatic rings. The van der Waals surface area contributed by atoms with E-state index in [2.05, 4.69) is 62.5 Å². The van der Waals surface area contributed by atoms with Crippen molar-refractivity contribution in [3.05, 3.63) is 58.7 Å². The fraction of sp³-hybridized carbons (Fsp3) is 0.294. The zero-order chi connectivity index (χ0) is 13.1. The molecule has 2 rings (SSSR count). The average molecular weight is 239 g/mol. The summed E-state index contributed by atoms with van der Waals surface area (Å²) in [4.78, 5) is 0. The van der Waals surface area contributed by atoms with Crippen molar-refractivity contribution in [3.8, 4) is 11.1 Å². The Morgan fingerprint density at radius 3 is 2.22 bits per heavy atom. The van der Waals surface area contributed by atoms with Crippen LogP contribution in [0.5, 0.6) is 0 Å². The van der Waals surface area contributed by atoms with Crippen LogP contribution in [0.3, 0.4) is 0 Å². The molecule has 0 aromatic heterocycles. The van der Waals surface area contributed by atoms with Crippen LogP contribution < -0.4 is 5.32 Å². The van der Waals surface area contributed by atoms with Crippen LogP contribution in [0.15, 0.2) is 36.4 Å². The van der Waals surface area contributed by atoms with Gasteiger partial charge in [-0.15, -0.1) is 0 Å². The molecular weight excluding hydrogens is 218 g/mol. The number of benzene rings is 2. The van der Waals surface area contributed by atoms with Gasteiger partial charge in [0.25, 0.3) is 0 Å². The summed E-state index contributed by atoms with van der Waals surface area (Å²) in [5, 5.41) is 3.19. The Bertz CT molecular complexity index is 556. The van der Waals surface area contributed by atoms with Gasteiger partial charge in [0, 0.05) is 6.54 Å². The minimum Gasteiger partial charge on any atom is -0.316 e. The highest BCUT2D eigenvalue weighted by Gasteiger charge is 2.04. The van der Waals surface area contributed by atoms with Crippen LogP contribution >= 0.6 is 0 Å². The molecule has 1 nitrogen and oxygen atoms in total. The van der Waals surface area contributed by atoms with Crippen molar-refractivity contribution < 1.29 is 0 Å². The summed E-state index contributed by atoms with van der Waals surface area (Å²) in [7, 11) is 1.98. The first kappa shape index (κ1) is 12.8. The van der Waals surface area contributed by atoms with Crippen LogP contribution in [0.1, 0.15) is 22.3 Å². The number of aryl methyl sites for hydroxylation is 3. The molecule has 0 radical (unpaired) electrons. The van der Waals surface area contributed by atoms with Crippen LogP contribution in [0.2, 0.25) is 0 Å².